The number of nitrogens with one attached hydrogen (secondary N) is 2. The van der Waals surface area contributed by atoms with Crippen LogP contribution in [-0.4, -0.2) is 63.1 Å². The van der Waals surface area contributed by atoms with Crippen LogP contribution in [0, 0.1) is 0 Å². The molecule has 2 N–H and O–H groups in total. The molecule has 3 aromatic rings. The van der Waals surface area contributed by atoms with Crippen LogP contribution in [0.2, 0.25) is 5.02 Å². The van der Waals surface area contributed by atoms with Crippen LogP contribution >= 0.6 is 11.6 Å². The Balaban J connectivity index is 1.30. The lowest BCUT2D eigenvalue weighted by molar-refractivity contribution is -0.145. The Hall–Kier alpha value is -3.04. The zero-order valence-electron chi connectivity index (χ0n) is 20.0. The Morgan fingerprint density at radius 2 is 2.03 bits per heavy atom. The van der Waals surface area contributed by atoms with Gasteiger partial charge in [-0.1, -0.05) is 43.9 Å². The van der Waals surface area contributed by atoms with Gasteiger partial charge in [0.15, 0.2) is 5.82 Å². The first-order valence-electron chi connectivity index (χ1n) is 12.3. The molecule has 0 aliphatic carbocycles. The largest absolute Gasteiger partial charge is 0.465 e. The highest BCUT2D eigenvalue weighted by Gasteiger charge is 2.22. The quantitative estimate of drug-likeness (QED) is 0.285. The molecule has 4 rings (SSSR count). The van der Waals surface area contributed by atoms with E-state index in [0.29, 0.717) is 41.0 Å². The molecule has 0 atom stereocenters. The number of fused-ring (bicyclic) bond motifs is 1. The van der Waals surface area contributed by atoms with E-state index in [4.69, 9.17) is 16.3 Å². The third-order valence-corrected chi connectivity index (χ3v) is 6.23. The number of anilines is 3. The maximum absolute atomic E-state index is 12.1. The molecule has 0 amide bonds. The van der Waals surface area contributed by atoms with Crippen LogP contribution in [0.25, 0.3) is 11.0 Å². The first kappa shape index (κ1) is 25.1. The number of hydrogen-bond donors (Lipinski definition) is 2. The molecule has 1 aliphatic heterocycles. The third-order valence-electron chi connectivity index (χ3n) is 6.00. The molecule has 1 saturated heterocycles. The summed E-state index contributed by atoms with van der Waals surface area (Å²) in [6.07, 6.45) is 9.38. The molecule has 186 valence electrons. The van der Waals surface area contributed by atoms with Gasteiger partial charge >= 0.3 is 5.97 Å². The van der Waals surface area contributed by atoms with Crippen LogP contribution in [0.1, 0.15) is 45.4 Å². The van der Waals surface area contributed by atoms with Crippen molar-refractivity contribution in [2.45, 2.75) is 51.5 Å². The highest BCUT2D eigenvalue weighted by Crippen LogP contribution is 2.24. The van der Waals surface area contributed by atoms with Gasteiger partial charge in [0.25, 0.3) is 0 Å². The normalized spacial score (nSPS) is 14.7. The Kier molecular flexibility index (Phi) is 9.02. The lowest BCUT2D eigenvalue weighted by atomic mass is 10.1. The fourth-order valence-electron chi connectivity index (χ4n) is 4.08. The summed E-state index contributed by atoms with van der Waals surface area (Å²) < 4.78 is 5.37. The van der Waals surface area contributed by atoms with Gasteiger partial charge in [-0.15, -0.1) is 0 Å². The van der Waals surface area contributed by atoms with Gasteiger partial charge in [-0.2, -0.15) is 0 Å². The molecule has 35 heavy (non-hydrogen) atoms. The molecule has 0 unspecified atom stereocenters. The minimum Gasteiger partial charge on any atom is -0.465 e. The summed E-state index contributed by atoms with van der Waals surface area (Å²) >= 11 is 6.10. The molecule has 0 spiro atoms. The number of hydrogen-bond acceptors (Lipinski definition) is 9. The zero-order valence-corrected chi connectivity index (χ0v) is 20.8. The molecule has 0 saturated carbocycles. The highest BCUT2D eigenvalue weighted by molar-refractivity contribution is 6.30. The van der Waals surface area contributed by atoms with E-state index in [1.165, 1.54) is 19.2 Å². The van der Waals surface area contributed by atoms with Crippen molar-refractivity contribution in [3.05, 3.63) is 41.8 Å². The second-order valence-electron chi connectivity index (χ2n) is 8.76. The van der Waals surface area contributed by atoms with Gasteiger partial charge in [-0.3, -0.25) is 9.69 Å². The standard InChI is InChI=1S/C25H32ClN7O2/c1-2-3-4-5-13-35-22(34)16-33-11-9-19(10-12-33)31-25-27-15-21-23(32-25)24(29-17-28-21)30-20-8-6-7-18(26)14-20/h6-8,14-15,17,19H,2-5,9-13,16H2,1H3,(H,27,31,32)(H,28,29,30). The van der Waals surface area contributed by atoms with E-state index in [-0.39, 0.29) is 12.0 Å². The lowest BCUT2D eigenvalue weighted by Crippen LogP contribution is -2.42. The van der Waals surface area contributed by atoms with Gasteiger partial charge in [-0.05, 0) is 37.5 Å². The fourth-order valence-corrected chi connectivity index (χ4v) is 4.27. The maximum atomic E-state index is 12.1. The summed E-state index contributed by atoms with van der Waals surface area (Å²) in [5.41, 5.74) is 2.10. The molecule has 0 bridgehead atoms. The second kappa shape index (κ2) is 12.6. The average Bonchev–Trinajstić information content (AvgIpc) is 2.85. The van der Waals surface area contributed by atoms with Crippen molar-refractivity contribution in [1.29, 1.82) is 0 Å². The number of halogens is 1. The minimum absolute atomic E-state index is 0.134. The van der Waals surface area contributed by atoms with Gasteiger partial charge in [0.05, 0.1) is 19.3 Å². The van der Waals surface area contributed by atoms with Crippen LogP contribution in [0.5, 0.6) is 0 Å². The number of carbonyl (C=O) groups excluding carboxylic acids is 1. The summed E-state index contributed by atoms with van der Waals surface area (Å²) in [5.74, 6) is 0.989. The second-order valence-corrected chi connectivity index (χ2v) is 9.20. The van der Waals surface area contributed by atoms with Crippen molar-refractivity contribution in [2.75, 3.05) is 36.9 Å². The smallest absolute Gasteiger partial charge is 0.320 e. The van der Waals surface area contributed by atoms with E-state index in [0.717, 1.165) is 44.5 Å². The first-order chi connectivity index (χ1) is 17.1. The number of ether oxygens (including phenoxy) is 1. The first-order valence-corrected chi connectivity index (χ1v) is 12.6. The summed E-state index contributed by atoms with van der Waals surface area (Å²) in [6.45, 7) is 4.68. The van der Waals surface area contributed by atoms with E-state index in [1.807, 2.05) is 24.3 Å². The van der Waals surface area contributed by atoms with Gasteiger partial charge < -0.3 is 15.4 Å². The van der Waals surface area contributed by atoms with E-state index in [9.17, 15) is 4.79 Å². The Labute approximate surface area is 210 Å². The van der Waals surface area contributed by atoms with Crippen LogP contribution in [0.4, 0.5) is 17.5 Å². The molecule has 0 radical (unpaired) electrons. The van der Waals surface area contributed by atoms with Crippen molar-refractivity contribution < 1.29 is 9.53 Å². The summed E-state index contributed by atoms with van der Waals surface area (Å²) in [7, 11) is 0. The molecule has 2 aromatic heterocycles. The summed E-state index contributed by atoms with van der Waals surface area (Å²) in [5, 5.41) is 7.33. The molecule has 10 heteroatoms. The van der Waals surface area contributed by atoms with Crippen molar-refractivity contribution in [2.24, 2.45) is 0 Å². The number of esters is 1. The number of carbonyl (C=O) groups is 1. The average molecular weight is 498 g/mol. The van der Waals surface area contributed by atoms with Gasteiger partial charge in [0.1, 0.15) is 17.4 Å². The molecule has 1 aromatic carbocycles. The predicted molar refractivity (Wildman–Crippen MR) is 138 cm³/mol. The highest BCUT2D eigenvalue weighted by atomic mass is 35.5. The maximum Gasteiger partial charge on any atom is 0.320 e. The predicted octanol–water partition coefficient (Wildman–Crippen LogP) is 4.82. The zero-order chi connectivity index (χ0) is 24.5. The van der Waals surface area contributed by atoms with Gasteiger partial charge in [0, 0.05) is 29.8 Å². The minimum atomic E-state index is -0.134. The van der Waals surface area contributed by atoms with Crippen LogP contribution in [0.3, 0.4) is 0 Å². The van der Waals surface area contributed by atoms with E-state index >= 15 is 0 Å². The van der Waals surface area contributed by atoms with Crippen molar-refractivity contribution >= 4 is 46.1 Å². The van der Waals surface area contributed by atoms with E-state index in [1.54, 1.807) is 6.20 Å². The van der Waals surface area contributed by atoms with Crippen molar-refractivity contribution in [3.8, 4) is 0 Å². The molecule has 1 aliphatic rings. The lowest BCUT2D eigenvalue weighted by Gasteiger charge is -2.31. The van der Waals surface area contributed by atoms with Crippen molar-refractivity contribution in [1.82, 2.24) is 24.8 Å². The number of unbranched alkanes of at least 4 members (excludes halogenated alkanes) is 3. The molecular weight excluding hydrogens is 466 g/mol. The third kappa shape index (κ3) is 7.47. The number of aromatic nitrogens is 4. The van der Waals surface area contributed by atoms with Gasteiger partial charge in [0.2, 0.25) is 5.95 Å². The molecular formula is C25H32ClN7O2. The molecule has 9 nitrogen and oxygen atoms in total. The Bertz CT molecular complexity index is 1120. The van der Waals surface area contributed by atoms with E-state index in [2.05, 4.69) is 42.4 Å². The number of likely N-dealkylation sites (tertiary alicyclic amines) is 1. The number of rotatable bonds is 11. The SMILES string of the molecule is CCCCCCOC(=O)CN1CCC(Nc2ncc3ncnc(Nc4cccc(Cl)c4)c3n2)CC1. The number of benzene rings is 1. The summed E-state index contributed by atoms with van der Waals surface area (Å²) in [6, 6.07) is 7.65. The monoisotopic (exact) mass is 497 g/mol. The van der Waals surface area contributed by atoms with Crippen molar-refractivity contribution in [3.63, 3.8) is 0 Å². The van der Waals surface area contributed by atoms with E-state index < -0.39 is 0 Å². The number of piperidine rings is 1. The van der Waals surface area contributed by atoms with Crippen LogP contribution in [-0.2, 0) is 9.53 Å². The molecule has 3 heterocycles. The topological polar surface area (TPSA) is 105 Å². The molecule has 1 fully saturated rings. The Morgan fingerprint density at radius 1 is 1.17 bits per heavy atom. The number of nitrogens with zero attached hydrogens (tertiary/aromatic N) is 5. The Morgan fingerprint density at radius 3 is 2.83 bits per heavy atom. The summed E-state index contributed by atoms with van der Waals surface area (Å²) in [4.78, 5) is 32.0. The van der Waals surface area contributed by atoms with Gasteiger partial charge in [-0.25, -0.2) is 19.9 Å². The fraction of sp³-hybridized carbons (Fsp3) is 0.480. The van der Waals surface area contributed by atoms with Crippen LogP contribution in [0.15, 0.2) is 36.8 Å². The van der Waals surface area contributed by atoms with Crippen LogP contribution < -0.4 is 10.6 Å².